The average Bonchev–Trinajstić information content (AvgIpc) is 3.38. The highest BCUT2D eigenvalue weighted by Gasteiger charge is 2.24. The molecule has 0 aliphatic heterocycles. The van der Waals surface area contributed by atoms with E-state index in [9.17, 15) is 19.4 Å². The quantitative estimate of drug-likeness (QED) is 0.0272. The number of hydrogen-bond acceptors (Lipinski definition) is 6. The summed E-state index contributed by atoms with van der Waals surface area (Å²) in [6.45, 7) is 4.62. The van der Waals surface area contributed by atoms with Crippen molar-refractivity contribution in [3.63, 3.8) is 0 Å². The molecule has 3 atom stereocenters. The summed E-state index contributed by atoms with van der Waals surface area (Å²) in [4.78, 5) is 25.5. The van der Waals surface area contributed by atoms with Gasteiger partial charge >= 0.3 is 0 Å². The zero-order valence-corrected chi connectivity index (χ0v) is 51.6. The lowest BCUT2D eigenvalue weighted by molar-refractivity contribution is -0.870. The fourth-order valence-electron chi connectivity index (χ4n) is 9.46. The Bertz CT molecular complexity index is 1470. The van der Waals surface area contributed by atoms with Gasteiger partial charge in [-0.1, -0.05) is 299 Å². The summed E-state index contributed by atoms with van der Waals surface area (Å²) >= 11 is 0. The van der Waals surface area contributed by atoms with E-state index in [2.05, 4.69) is 92.1 Å². The molecule has 0 radical (unpaired) electrons. The minimum absolute atomic E-state index is 0.0127. The van der Waals surface area contributed by atoms with Crippen LogP contribution < -0.4 is 10.2 Å². The van der Waals surface area contributed by atoms with Gasteiger partial charge in [0.25, 0.3) is 7.82 Å². The molecule has 2 N–H and O–H groups in total. The van der Waals surface area contributed by atoms with Gasteiger partial charge in [-0.2, -0.15) is 0 Å². The van der Waals surface area contributed by atoms with E-state index in [0.717, 1.165) is 77.0 Å². The molecular weight excluding hydrogens is 960 g/mol. The van der Waals surface area contributed by atoms with Crippen LogP contribution in [0.3, 0.4) is 0 Å². The van der Waals surface area contributed by atoms with Crippen LogP contribution in [0.25, 0.3) is 0 Å². The second-order valence-corrected chi connectivity index (χ2v) is 24.5. The Balaban J connectivity index is 3.87. The van der Waals surface area contributed by atoms with E-state index in [0.29, 0.717) is 23.9 Å². The van der Waals surface area contributed by atoms with Crippen molar-refractivity contribution in [3.8, 4) is 0 Å². The van der Waals surface area contributed by atoms with Crippen molar-refractivity contribution in [2.75, 3.05) is 40.9 Å². The number of rotatable bonds is 59. The lowest BCUT2D eigenvalue weighted by Crippen LogP contribution is -2.46. The molecule has 0 aromatic rings. The van der Waals surface area contributed by atoms with Gasteiger partial charge in [-0.25, -0.2) is 0 Å². The van der Waals surface area contributed by atoms with E-state index >= 15 is 0 Å². The first-order valence-electron chi connectivity index (χ1n) is 32.3. The minimum Gasteiger partial charge on any atom is -0.756 e. The van der Waals surface area contributed by atoms with Gasteiger partial charge in [-0.3, -0.25) is 9.36 Å². The fourth-order valence-corrected chi connectivity index (χ4v) is 10.2. The summed E-state index contributed by atoms with van der Waals surface area (Å²) in [5.41, 5.74) is 0. The monoisotopic (exact) mass is 1080 g/mol. The van der Waals surface area contributed by atoms with Gasteiger partial charge in [0.15, 0.2) is 0 Å². The van der Waals surface area contributed by atoms with Gasteiger partial charge < -0.3 is 28.8 Å². The number of unbranched alkanes of at least 4 members (excludes halogenated alkanes) is 34. The Morgan fingerprint density at radius 3 is 1.17 bits per heavy atom. The van der Waals surface area contributed by atoms with Gasteiger partial charge in [0, 0.05) is 6.42 Å². The molecule has 0 aliphatic rings. The summed E-state index contributed by atoms with van der Waals surface area (Å²) < 4.78 is 23.4. The van der Waals surface area contributed by atoms with Gasteiger partial charge in [0.1, 0.15) is 13.2 Å². The van der Waals surface area contributed by atoms with Crippen molar-refractivity contribution in [3.05, 3.63) is 72.9 Å². The number of hydrogen-bond donors (Lipinski definition) is 2. The maximum Gasteiger partial charge on any atom is 0.268 e. The number of amides is 1. The summed E-state index contributed by atoms with van der Waals surface area (Å²) in [6.07, 6.45) is 79.7. The van der Waals surface area contributed by atoms with Gasteiger partial charge in [0.05, 0.1) is 39.9 Å². The Labute approximate surface area is 472 Å². The second kappa shape index (κ2) is 57.6. The molecule has 0 spiro atoms. The third kappa shape index (κ3) is 59.6. The molecule has 0 saturated heterocycles. The van der Waals surface area contributed by atoms with E-state index in [1.807, 2.05) is 21.1 Å². The predicted molar refractivity (Wildman–Crippen MR) is 330 cm³/mol. The predicted octanol–water partition coefficient (Wildman–Crippen LogP) is 19.6. The summed E-state index contributed by atoms with van der Waals surface area (Å²) in [5.74, 6) is -0.162. The molecule has 9 heteroatoms. The molecule has 0 bridgehead atoms. The molecule has 0 aromatic carbocycles. The van der Waals surface area contributed by atoms with Crippen molar-refractivity contribution in [1.82, 2.24) is 5.32 Å². The third-order valence-electron chi connectivity index (χ3n) is 14.5. The lowest BCUT2D eigenvalue weighted by Gasteiger charge is -2.30. The molecule has 0 heterocycles. The Morgan fingerprint density at radius 1 is 0.474 bits per heavy atom. The van der Waals surface area contributed by atoms with E-state index < -0.39 is 20.0 Å². The standard InChI is InChI=1S/C67H125N2O6P/c1-6-8-10-12-14-16-18-20-21-22-23-24-25-26-27-28-29-30-31-32-33-34-35-36-37-38-39-40-41-42-43-44-45-46-47-49-51-53-55-57-59-61-67(71)68-65(64-75-76(72,73)74-63-62-69(3,4)5)66(70)60-58-56-54-52-50-48-19-17-15-13-11-9-7-2/h8,10,14,16,20-21,23-24,26-27,29-30,65-66,70H,6-7,9,11-13,15,17-19,22,25,28,31-64H2,1-5H3,(H-,68,71,72,73)/b10-8-,16-14-,21-20-,24-23-,27-26-,30-29-. The number of likely N-dealkylation sites (N-methyl/N-ethyl adjacent to an activating group) is 1. The number of carbonyl (C=O) groups excluding carboxylic acids is 1. The molecule has 0 saturated carbocycles. The molecule has 444 valence electrons. The molecule has 0 aromatic heterocycles. The number of quaternary nitrogens is 1. The van der Waals surface area contributed by atoms with Crippen LogP contribution in [0.15, 0.2) is 72.9 Å². The Hall–Kier alpha value is -2.06. The zero-order valence-electron chi connectivity index (χ0n) is 50.7. The smallest absolute Gasteiger partial charge is 0.268 e. The first-order chi connectivity index (χ1) is 37.0. The van der Waals surface area contributed by atoms with Crippen LogP contribution in [0.4, 0.5) is 0 Å². The van der Waals surface area contributed by atoms with Crippen LogP contribution >= 0.6 is 7.82 Å². The molecule has 0 aliphatic carbocycles. The van der Waals surface area contributed by atoms with Crippen LogP contribution in [0.5, 0.6) is 0 Å². The fraction of sp³-hybridized carbons (Fsp3) is 0.806. The topological polar surface area (TPSA) is 108 Å². The number of aliphatic hydroxyl groups is 1. The number of nitrogens with zero attached hydrogens (tertiary/aromatic N) is 1. The van der Waals surface area contributed by atoms with Crippen LogP contribution in [0.2, 0.25) is 0 Å². The minimum atomic E-state index is -4.57. The normalized spacial score (nSPS) is 14.2. The number of allylic oxidation sites excluding steroid dienone is 12. The summed E-state index contributed by atoms with van der Waals surface area (Å²) in [6, 6.07) is -0.800. The van der Waals surface area contributed by atoms with Crippen LogP contribution in [0.1, 0.15) is 296 Å². The number of phosphoric acid groups is 1. The van der Waals surface area contributed by atoms with Crippen molar-refractivity contribution in [2.45, 2.75) is 309 Å². The first-order valence-corrected chi connectivity index (χ1v) is 33.7. The van der Waals surface area contributed by atoms with Crippen molar-refractivity contribution in [1.29, 1.82) is 0 Å². The summed E-state index contributed by atoms with van der Waals surface area (Å²) in [5, 5.41) is 14.0. The highest BCUT2D eigenvalue weighted by Crippen LogP contribution is 2.38. The number of aliphatic hydroxyl groups excluding tert-OH is 1. The van der Waals surface area contributed by atoms with E-state index in [4.69, 9.17) is 9.05 Å². The molecule has 8 nitrogen and oxygen atoms in total. The van der Waals surface area contributed by atoms with Crippen molar-refractivity contribution < 1.29 is 32.9 Å². The largest absolute Gasteiger partial charge is 0.756 e. The van der Waals surface area contributed by atoms with Crippen LogP contribution in [-0.4, -0.2) is 68.5 Å². The SMILES string of the molecule is CC/C=C\C/C=C\C/C=C\C/C=C\C/C=C\C/C=C\CCCCCCCCCCCCCCCCCCCCCCCCC(=O)NC(COP(=O)([O-])OCC[N+](C)(C)C)C(O)CCCCCCCCCCCCCCC. The highest BCUT2D eigenvalue weighted by molar-refractivity contribution is 7.45. The maximum absolute atomic E-state index is 13.0. The van der Waals surface area contributed by atoms with Gasteiger partial charge in [-0.05, 0) is 64.2 Å². The molecular formula is C67H125N2O6P. The zero-order chi connectivity index (χ0) is 55.6. The van der Waals surface area contributed by atoms with Gasteiger partial charge in [-0.15, -0.1) is 0 Å². The third-order valence-corrected chi connectivity index (χ3v) is 15.4. The maximum atomic E-state index is 13.0. The molecule has 76 heavy (non-hydrogen) atoms. The highest BCUT2D eigenvalue weighted by atomic mass is 31.2. The van der Waals surface area contributed by atoms with Crippen LogP contribution in [-0.2, 0) is 18.4 Å². The number of carbonyl (C=O) groups is 1. The van der Waals surface area contributed by atoms with Crippen molar-refractivity contribution in [2.24, 2.45) is 0 Å². The average molecular weight is 1090 g/mol. The van der Waals surface area contributed by atoms with Gasteiger partial charge in [0.2, 0.25) is 5.91 Å². The Kier molecular flexibility index (Phi) is 56.1. The second-order valence-electron chi connectivity index (χ2n) is 23.1. The molecule has 0 rings (SSSR count). The molecule has 0 fully saturated rings. The summed E-state index contributed by atoms with van der Waals surface area (Å²) in [7, 11) is 1.31. The van der Waals surface area contributed by atoms with Crippen molar-refractivity contribution >= 4 is 13.7 Å². The van der Waals surface area contributed by atoms with Crippen LogP contribution in [0, 0.1) is 0 Å². The number of nitrogens with one attached hydrogen (secondary N) is 1. The van der Waals surface area contributed by atoms with E-state index in [1.54, 1.807) is 0 Å². The van der Waals surface area contributed by atoms with E-state index in [1.165, 1.54) is 193 Å². The number of phosphoric ester groups is 1. The lowest BCUT2D eigenvalue weighted by atomic mass is 10.0. The molecule has 3 unspecified atom stereocenters. The van der Waals surface area contributed by atoms with E-state index in [-0.39, 0.29) is 19.1 Å². The Morgan fingerprint density at radius 2 is 0.803 bits per heavy atom. The first kappa shape index (κ1) is 73.9. The molecule has 1 amide bonds.